The molecule has 1 N–H and O–H groups in total. The van der Waals surface area contributed by atoms with Gasteiger partial charge in [-0.15, -0.1) is 0 Å². The van der Waals surface area contributed by atoms with E-state index in [9.17, 15) is 9.59 Å². The second-order valence-corrected chi connectivity index (χ2v) is 8.73. The van der Waals surface area contributed by atoms with Gasteiger partial charge in [0.2, 0.25) is 5.91 Å². The van der Waals surface area contributed by atoms with Crippen molar-refractivity contribution in [2.24, 2.45) is 5.92 Å². The van der Waals surface area contributed by atoms with Crippen molar-refractivity contribution in [3.63, 3.8) is 0 Å². The van der Waals surface area contributed by atoms with Crippen LogP contribution in [0.3, 0.4) is 0 Å². The van der Waals surface area contributed by atoms with Crippen molar-refractivity contribution in [3.05, 3.63) is 58.1 Å². The van der Waals surface area contributed by atoms with Gasteiger partial charge < -0.3 is 19.7 Å². The molecular weight excluding hydrogens is 428 g/mol. The minimum atomic E-state index is -0.662. The Bertz CT molecular complexity index is 922. The summed E-state index contributed by atoms with van der Waals surface area (Å²) in [6.07, 6.45) is 0. The van der Waals surface area contributed by atoms with Gasteiger partial charge in [-0.2, -0.15) is 0 Å². The number of nitrogens with zero attached hydrogens (tertiary/aromatic N) is 1. The van der Waals surface area contributed by atoms with Crippen molar-refractivity contribution >= 4 is 23.4 Å². The topological polar surface area (TPSA) is 67.9 Å². The lowest BCUT2D eigenvalue weighted by molar-refractivity contribution is -0.142. The Morgan fingerprint density at radius 3 is 2.31 bits per heavy atom. The molecule has 0 bridgehead atoms. The van der Waals surface area contributed by atoms with Crippen molar-refractivity contribution in [1.82, 2.24) is 10.2 Å². The first kappa shape index (κ1) is 25.5. The van der Waals surface area contributed by atoms with Crippen LogP contribution in [0.5, 0.6) is 11.5 Å². The molecule has 0 radical (unpaired) electrons. The van der Waals surface area contributed by atoms with Crippen LogP contribution in [0.15, 0.2) is 36.4 Å². The first-order valence-electron chi connectivity index (χ1n) is 10.7. The molecule has 2 aromatic rings. The first-order chi connectivity index (χ1) is 15.1. The molecule has 2 amide bonds. The van der Waals surface area contributed by atoms with Crippen LogP contribution in [0.4, 0.5) is 0 Å². The normalized spacial score (nSPS) is 11.8. The minimum absolute atomic E-state index is 0.188. The highest BCUT2D eigenvalue weighted by molar-refractivity contribution is 6.32. The molecule has 174 valence electrons. The summed E-state index contributed by atoms with van der Waals surface area (Å²) in [6, 6.07) is 10.4. The van der Waals surface area contributed by atoms with Gasteiger partial charge in [-0.25, -0.2) is 0 Å². The van der Waals surface area contributed by atoms with Gasteiger partial charge in [0.1, 0.15) is 17.5 Å². The van der Waals surface area contributed by atoms with E-state index in [0.717, 1.165) is 16.7 Å². The standard InChI is InChI=1S/C25H33ClN2O4/c1-16(2)13-27-25(30)19(5)28(14-20-8-7-9-21(12-20)31-6)23(29)15-32-22-10-17(3)24(26)18(4)11-22/h7-12,16,19H,13-15H2,1-6H3,(H,27,30)/t19-/m0/s1. The minimum Gasteiger partial charge on any atom is -0.497 e. The highest BCUT2D eigenvalue weighted by atomic mass is 35.5. The summed E-state index contributed by atoms with van der Waals surface area (Å²) >= 11 is 6.22. The number of benzene rings is 2. The fourth-order valence-corrected chi connectivity index (χ4v) is 3.33. The predicted molar refractivity (Wildman–Crippen MR) is 127 cm³/mol. The molecule has 2 aromatic carbocycles. The van der Waals surface area contributed by atoms with Crippen LogP contribution in [0.2, 0.25) is 5.02 Å². The van der Waals surface area contributed by atoms with E-state index in [-0.39, 0.29) is 25.0 Å². The third-order valence-corrected chi connectivity index (χ3v) is 5.71. The number of carbonyl (C=O) groups excluding carboxylic acids is 2. The van der Waals surface area contributed by atoms with Gasteiger partial charge in [0, 0.05) is 18.1 Å². The van der Waals surface area contributed by atoms with Crippen molar-refractivity contribution in [3.8, 4) is 11.5 Å². The summed E-state index contributed by atoms with van der Waals surface area (Å²) in [5.74, 6) is 1.08. The summed E-state index contributed by atoms with van der Waals surface area (Å²) in [4.78, 5) is 27.4. The third kappa shape index (κ3) is 7.16. The van der Waals surface area contributed by atoms with Gasteiger partial charge in [0.15, 0.2) is 6.61 Å². The maximum atomic E-state index is 13.2. The summed E-state index contributed by atoms with van der Waals surface area (Å²) < 4.78 is 11.1. The lowest BCUT2D eigenvalue weighted by Crippen LogP contribution is -2.49. The maximum Gasteiger partial charge on any atom is 0.261 e. The average Bonchev–Trinajstić information content (AvgIpc) is 2.77. The smallest absolute Gasteiger partial charge is 0.261 e. The van der Waals surface area contributed by atoms with E-state index in [1.165, 1.54) is 4.90 Å². The third-order valence-electron chi connectivity index (χ3n) is 5.11. The van der Waals surface area contributed by atoms with Crippen molar-refractivity contribution < 1.29 is 19.1 Å². The first-order valence-corrected chi connectivity index (χ1v) is 11.1. The number of carbonyl (C=O) groups is 2. The van der Waals surface area contributed by atoms with Crippen molar-refractivity contribution in [2.45, 2.75) is 47.2 Å². The lowest BCUT2D eigenvalue weighted by Gasteiger charge is -2.29. The molecule has 1 atom stereocenters. The zero-order valence-electron chi connectivity index (χ0n) is 19.7. The van der Waals surface area contributed by atoms with E-state index < -0.39 is 6.04 Å². The number of nitrogens with one attached hydrogen (secondary N) is 1. The summed E-state index contributed by atoms with van der Waals surface area (Å²) in [7, 11) is 1.59. The molecule has 0 aliphatic rings. The predicted octanol–water partition coefficient (Wildman–Crippen LogP) is 4.53. The molecule has 0 saturated heterocycles. The fourth-order valence-electron chi connectivity index (χ4n) is 3.22. The van der Waals surface area contributed by atoms with Gasteiger partial charge >= 0.3 is 0 Å². The van der Waals surface area contributed by atoms with Crippen LogP contribution < -0.4 is 14.8 Å². The number of hydrogen-bond donors (Lipinski definition) is 1. The molecule has 0 saturated carbocycles. The Labute approximate surface area is 195 Å². The molecule has 0 aliphatic heterocycles. The largest absolute Gasteiger partial charge is 0.497 e. The van der Waals surface area contributed by atoms with Crippen LogP contribution in [0, 0.1) is 19.8 Å². The summed E-state index contributed by atoms with van der Waals surface area (Å²) in [5, 5.41) is 3.59. The number of halogens is 1. The molecule has 0 aromatic heterocycles. The molecule has 0 fully saturated rings. The highest BCUT2D eigenvalue weighted by Crippen LogP contribution is 2.26. The van der Waals surface area contributed by atoms with Gasteiger partial charge in [0.25, 0.3) is 5.91 Å². The van der Waals surface area contributed by atoms with Crippen LogP contribution in [-0.2, 0) is 16.1 Å². The Hall–Kier alpha value is -2.73. The second-order valence-electron chi connectivity index (χ2n) is 8.35. The zero-order valence-corrected chi connectivity index (χ0v) is 20.5. The van der Waals surface area contributed by atoms with Crippen LogP contribution in [0.1, 0.15) is 37.5 Å². The van der Waals surface area contributed by atoms with E-state index in [1.807, 2.05) is 52.0 Å². The lowest BCUT2D eigenvalue weighted by atomic mass is 10.1. The fraction of sp³-hybridized carbons (Fsp3) is 0.440. The molecule has 0 unspecified atom stereocenters. The average molecular weight is 461 g/mol. The van der Waals surface area contributed by atoms with Gasteiger partial charge in [-0.05, 0) is 67.6 Å². The van der Waals surface area contributed by atoms with Gasteiger partial charge in [-0.1, -0.05) is 37.6 Å². The van der Waals surface area contributed by atoms with E-state index in [1.54, 1.807) is 26.2 Å². The van der Waals surface area contributed by atoms with Crippen LogP contribution in [-0.4, -0.2) is 43.0 Å². The van der Waals surface area contributed by atoms with Crippen LogP contribution >= 0.6 is 11.6 Å². The van der Waals surface area contributed by atoms with Crippen molar-refractivity contribution in [1.29, 1.82) is 0 Å². The number of hydrogen-bond acceptors (Lipinski definition) is 4. The SMILES string of the molecule is COc1cccc(CN(C(=O)COc2cc(C)c(Cl)c(C)c2)[C@@H](C)C(=O)NCC(C)C)c1. The molecule has 2 rings (SSSR count). The zero-order chi connectivity index (χ0) is 23.8. The van der Waals surface area contributed by atoms with Crippen molar-refractivity contribution in [2.75, 3.05) is 20.3 Å². The van der Waals surface area contributed by atoms with Gasteiger partial charge in [0.05, 0.1) is 7.11 Å². The van der Waals surface area contributed by atoms with E-state index in [2.05, 4.69) is 5.32 Å². The number of methoxy groups -OCH3 is 1. The Morgan fingerprint density at radius 2 is 1.72 bits per heavy atom. The van der Waals surface area contributed by atoms with E-state index in [0.29, 0.717) is 29.0 Å². The summed E-state index contributed by atoms with van der Waals surface area (Å²) in [5.41, 5.74) is 2.62. The number of amides is 2. The second kappa shape index (κ2) is 11.8. The molecule has 0 heterocycles. The maximum absolute atomic E-state index is 13.2. The monoisotopic (exact) mass is 460 g/mol. The van der Waals surface area contributed by atoms with E-state index >= 15 is 0 Å². The number of rotatable bonds is 10. The molecule has 0 aliphatic carbocycles. The quantitative estimate of drug-likeness (QED) is 0.565. The van der Waals surface area contributed by atoms with Crippen LogP contribution in [0.25, 0.3) is 0 Å². The Kier molecular flexibility index (Phi) is 9.39. The van der Waals surface area contributed by atoms with E-state index in [4.69, 9.17) is 21.1 Å². The Morgan fingerprint density at radius 1 is 1.06 bits per heavy atom. The molecule has 32 heavy (non-hydrogen) atoms. The number of aryl methyl sites for hydroxylation is 2. The molecular formula is C25H33ClN2O4. The number of ether oxygens (including phenoxy) is 2. The highest BCUT2D eigenvalue weighted by Gasteiger charge is 2.26. The molecule has 0 spiro atoms. The molecule has 7 heteroatoms. The van der Waals surface area contributed by atoms with Gasteiger partial charge in [-0.3, -0.25) is 9.59 Å². The Balaban J connectivity index is 2.19. The summed E-state index contributed by atoms with van der Waals surface area (Å²) in [6.45, 7) is 10.2. The molecule has 6 nitrogen and oxygen atoms in total.